The number of benzene rings is 2. The van der Waals surface area contributed by atoms with Crippen molar-refractivity contribution in [3.63, 3.8) is 0 Å². The molecular weight excluding hydrogens is 400 g/mol. The van der Waals surface area contributed by atoms with E-state index in [2.05, 4.69) is 30.5 Å². The van der Waals surface area contributed by atoms with Crippen molar-refractivity contribution < 1.29 is 13.2 Å². The zero-order chi connectivity index (χ0) is 19.7. The van der Waals surface area contributed by atoms with Gasteiger partial charge >= 0.3 is 0 Å². The summed E-state index contributed by atoms with van der Waals surface area (Å²) in [5.41, 5.74) is 2.75. The van der Waals surface area contributed by atoms with Crippen LogP contribution in [0.5, 0.6) is 0 Å². The van der Waals surface area contributed by atoms with Gasteiger partial charge < -0.3 is 10.6 Å². The van der Waals surface area contributed by atoms with Crippen LogP contribution in [0.15, 0.2) is 42.6 Å². The van der Waals surface area contributed by atoms with Crippen molar-refractivity contribution in [2.75, 3.05) is 28.2 Å². The number of rotatable bonds is 6. The highest BCUT2D eigenvalue weighted by Gasteiger charge is 2.11. The van der Waals surface area contributed by atoms with E-state index in [4.69, 9.17) is 0 Å². The Bertz CT molecular complexity index is 1280. The Kier molecular flexibility index (Phi) is 4.61. The average molecular weight is 416 g/mol. The zero-order valence-corrected chi connectivity index (χ0v) is 16.3. The normalized spacial score (nSPS) is 11.6. The molecule has 4 rings (SSSR count). The summed E-state index contributed by atoms with van der Waals surface area (Å²) in [6.45, 7) is 0.0133. The number of carbonyl (C=O) groups is 1. The molecule has 28 heavy (non-hydrogen) atoms. The molecule has 4 aromatic rings. The maximum absolute atomic E-state index is 12.3. The third kappa shape index (κ3) is 4.05. The number of fused-ring (bicyclic) bond motifs is 3. The molecule has 0 aliphatic heterocycles. The van der Waals surface area contributed by atoms with Gasteiger partial charge in [-0.3, -0.25) is 14.6 Å². The van der Waals surface area contributed by atoms with Crippen LogP contribution in [-0.4, -0.2) is 42.3 Å². The quantitative estimate of drug-likeness (QED) is 0.382. The fourth-order valence-corrected chi connectivity index (χ4v) is 4.26. The molecular formula is C17H16N6O3S2. The molecule has 2 heterocycles. The molecule has 0 saturated carbocycles. The standard InChI is InChI=1S/C17H16N6O3S2/c1-28(25,26)23-11-4-2-3-10(7-11)18-9-15(24)21-17-20-14-6-5-13-12(8-19-22-13)16(14)27-17/h2-8,18,23H,9H2,1H3,(H,19,22)(H,20,21,24). The van der Waals surface area contributed by atoms with Crippen molar-refractivity contribution in [3.05, 3.63) is 42.6 Å². The summed E-state index contributed by atoms with van der Waals surface area (Å²) in [5, 5.41) is 14.1. The third-order valence-corrected chi connectivity index (χ3v) is 5.47. The molecule has 0 unspecified atom stereocenters. The molecule has 0 atom stereocenters. The van der Waals surface area contributed by atoms with Crippen LogP contribution in [-0.2, 0) is 14.8 Å². The van der Waals surface area contributed by atoms with Crippen LogP contribution in [0, 0.1) is 0 Å². The van der Waals surface area contributed by atoms with Crippen molar-refractivity contribution in [1.29, 1.82) is 0 Å². The number of anilines is 3. The fourth-order valence-electron chi connectivity index (χ4n) is 2.71. The van der Waals surface area contributed by atoms with E-state index >= 15 is 0 Å². The number of amides is 1. The van der Waals surface area contributed by atoms with Crippen LogP contribution in [0.2, 0.25) is 0 Å². The number of aromatic nitrogens is 3. The molecule has 4 N–H and O–H groups in total. The molecule has 144 valence electrons. The van der Waals surface area contributed by atoms with Gasteiger partial charge in [0.25, 0.3) is 0 Å². The van der Waals surface area contributed by atoms with Crippen LogP contribution in [0.4, 0.5) is 16.5 Å². The first-order chi connectivity index (χ1) is 13.4. The summed E-state index contributed by atoms with van der Waals surface area (Å²) in [6, 6.07) is 10.5. The molecule has 0 spiro atoms. The smallest absolute Gasteiger partial charge is 0.245 e. The molecule has 0 aliphatic rings. The average Bonchev–Trinajstić information content (AvgIpc) is 3.24. The van der Waals surface area contributed by atoms with E-state index in [1.807, 2.05) is 12.1 Å². The van der Waals surface area contributed by atoms with Gasteiger partial charge in [-0.1, -0.05) is 17.4 Å². The monoisotopic (exact) mass is 416 g/mol. The van der Waals surface area contributed by atoms with E-state index in [9.17, 15) is 13.2 Å². The number of nitrogens with zero attached hydrogens (tertiary/aromatic N) is 2. The van der Waals surface area contributed by atoms with E-state index in [-0.39, 0.29) is 12.5 Å². The second-order valence-corrected chi connectivity index (χ2v) is 8.87. The van der Waals surface area contributed by atoms with Crippen molar-refractivity contribution in [2.45, 2.75) is 0 Å². The summed E-state index contributed by atoms with van der Waals surface area (Å²) in [6.07, 6.45) is 2.82. The van der Waals surface area contributed by atoms with Gasteiger partial charge in [0.2, 0.25) is 15.9 Å². The molecule has 2 aromatic heterocycles. The lowest BCUT2D eigenvalue weighted by molar-refractivity contribution is -0.114. The largest absolute Gasteiger partial charge is 0.376 e. The lowest BCUT2D eigenvalue weighted by atomic mass is 10.2. The van der Waals surface area contributed by atoms with Gasteiger partial charge in [-0.15, -0.1) is 0 Å². The highest BCUT2D eigenvalue weighted by atomic mass is 32.2. The minimum absolute atomic E-state index is 0.0133. The first-order valence-corrected chi connectivity index (χ1v) is 10.9. The number of sulfonamides is 1. The molecule has 9 nitrogen and oxygen atoms in total. The Labute approximate surface area is 164 Å². The van der Waals surface area contributed by atoms with Crippen molar-refractivity contribution in [2.24, 2.45) is 0 Å². The summed E-state index contributed by atoms with van der Waals surface area (Å²) < 4.78 is 26.0. The maximum atomic E-state index is 12.3. The first kappa shape index (κ1) is 18.2. The van der Waals surface area contributed by atoms with E-state index < -0.39 is 10.0 Å². The van der Waals surface area contributed by atoms with E-state index in [1.54, 1.807) is 30.5 Å². The SMILES string of the molecule is CS(=O)(=O)Nc1cccc(NCC(=O)Nc2nc3ccc4[nH]ncc4c3s2)c1. The molecule has 0 saturated heterocycles. The Morgan fingerprint density at radius 3 is 2.86 bits per heavy atom. The number of nitrogens with one attached hydrogen (secondary N) is 4. The molecule has 11 heteroatoms. The molecule has 2 aromatic carbocycles. The van der Waals surface area contributed by atoms with Gasteiger partial charge in [0.15, 0.2) is 5.13 Å². The minimum Gasteiger partial charge on any atom is -0.376 e. The topological polar surface area (TPSA) is 129 Å². The van der Waals surface area contributed by atoms with Crippen LogP contribution in [0.3, 0.4) is 0 Å². The van der Waals surface area contributed by atoms with Crippen LogP contribution >= 0.6 is 11.3 Å². The zero-order valence-electron chi connectivity index (χ0n) is 14.7. The van der Waals surface area contributed by atoms with Gasteiger partial charge in [0, 0.05) is 11.1 Å². The molecule has 1 amide bonds. The molecule has 0 bridgehead atoms. The van der Waals surface area contributed by atoms with Crippen LogP contribution < -0.4 is 15.4 Å². The van der Waals surface area contributed by atoms with Crippen molar-refractivity contribution in [3.8, 4) is 0 Å². The van der Waals surface area contributed by atoms with Gasteiger partial charge in [-0.25, -0.2) is 13.4 Å². The van der Waals surface area contributed by atoms with Crippen molar-refractivity contribution in [1.82, 2.24) is 15.2 Å². The fraction of sp³-hybridized carbons (Fsp3) is 0.118. The summed E-state index contributed by atoms with van der Waals surface area (Å²) in [4.78, 5) is 16.7. The third-order valence-electron chi connectivity index (χ3n) is 3.84. The predicted molar refractivity (Wildman–Crippen MR) is 111 cm³/mol. The minimum atomic E-state index is -3.36. The highest BCUT2D eigenvalue weighted by Crippen LogP contribution is 2.31. The number of thiazole rings is 1. The van der Waals surface area contributed by atoms with Gasteiger partial charge in [-0.2, -0.15) is 5.10 Å². The highest BCUT2D eigenvalue weighted by molar-refractivity contribution is 7.92. The van der Waals surface area contributed by atoms with Gasteiger partial charge in [-0.05, 0) is 30.3 Å². The number of hydrogen-bond acceptors (Lipinski definition) is 7. The van der Waals surface area contributed by atoms with Crippen LogP contribution in [0.25, 0.3) is 21.1 Å². The summed E-state index contributed by atoms with van der Waals surface area (Å²) in [5.74, 6) is -0.260. The lowest BCUT2D eigenvalue weighted by Gasteiger charge is -2.09. The number of carbonyl (C=O) groups excluding carboxylic acids is 1. The predicted octanol–water partition coefficient (Wildman–Crippen LogP) is 2.59. The van der Waals surface area contributed by atoms with E-state index in [0.717, 1.165) is 27.4 Å². The van der Waals surface area contributed by atoms with Crippen LogP contribution in [0.1, 0.15) is 0 Å². The lowest BCUT2D eigenvalue weighted by Crippen LogP contribution is -2.21. The Hall–Kier alpha value is -3.18. The maximum Gasteiger partial charge on any atom is 0.245 e. The number of hydrogen-bond donors (Lipinski definition) is 4. The van der Waals surface area contributed by atoms with Crippen molar-refractivity contribution >= 4 is 64.9 Å². The Morgan fingerprint density at radius 1 is 1.21 bits per heavy atom. The number of H-pyrrole nitrogens is 1. The summed E-state index contributed by atoms with van der Waals surface area (Å²) in [7, 11) is -3.36. The molecule has 0 aliphatic carbocycles. The number of aromatic amines is 1. The van der Waals surface area contributed by atoms with E-state index in [0.29, 0.717) is 16.5 Å². The second kappa shape index (κ2) is 7.09. The van der Waals surface area contributed by atoms with E-state index in [1.165, 1.54) is 11.3 Å². The summed E-state index contributed by atoms with van der Waals surface area (Å²) >= 11 is 1.38. The first-order valence-electron chi connectivity index (χ1n) is 8.21. The molecule has 0 radical (unpaired) electrons. The Balaban J connectivity index is 1.42. The Morgan fingerprint density at radius 2 is 2.04 bits per heavy atom. The second-order valence-electron chi connectivity index (χ2n) is 6.12. The van der Waals surface area contributed by atoms with Gasteiger partial charge in [0.1, 0.15) is 0 Å². The van der Waals surface area contributed by atoms with Gasteiger partial charge in [0.05, 0.1) is 40.4 Å². The molecule has 0 fully saturated rings.